The average Bonchev–Trinajstić information content (AvgIpc) is 2.26. The molecule has 0 unspecified atom stereocenters. The summed E-state index contributed by atoms with van der Waals surface area (Å²) in [7, 11) is 0. The van der Waals surface area contributed by atoms with Crippen LogP contribution in [-0.4, -0.2) is 0 Å². The highest BCUT2D eigenvalue weighted by Crippen LogP contribution is 2.04. The molecule has 0 aromatic heterocycles. The molecule has 0 N–H and O–H groups in total. The Morgan fingerprint density at radius 2 is 1.60 bits per heavy atom. The second-order valence-electron chi connectivity index (χ2n) is 3.47. The molecule has 0 aliphatic rings. The number of nitriles is 1. The summed E-state index contributed by atoms with van der Waals surface area (Å²) in [4.78, 5) is 0. The third kappa shape index (κ3) is 12.7. The molecule has 0 saturated carbocycles. The molecule has 0 aliphatic heterocycles. The quantitative estimate of drug-likeness (QED) is 0.306. The molecular formula is C14H21N. The Bertz CT molecular complexity index is 230. The smallest absolute Gasteiger partial charge is 0.0624 e. The van der Waals surface area contributed by atoms with Gasteiger partial charge in [-0.15, -0.1) is 0 Å². The molecular weight excluding hydrogens is 182 g/mol. The van der Waals surface area contributed by atoms with Crippen LogP contribution < -0.4 is 0 Å². The average molecular weight is 203 g/mol. The van der Waals surface area contributed by atoms with E-state index in [9.17, 15) is 0 Å². The Morgan fingerprint density at radius 3 is 2.27 bits per heavy atom. The predicted molar refractivity (Wildman–Crippen MR) is 66.4 cm³/mol. The van der Waals surface area contributed by atoms with Gasteiger partial charge in [0.15, 0.2) is 0 Å². The summed E-state index contributed by atoms with van der Waals surface area (Å²) in [6.07, 6.45) is 17.9. The van der Waals surface area contributed by atoms with Gasteiger partial charge in [-0.3, -0.25) is 0 Å². The number of nitrogens with zero attached hydrogens (tertiary/aromatic N) is 1. The van der Waals surface area contributed by atoms with Crippen LogP contribution in [0.2, 0.25) is 0 Å². The lowest BCUT2D eigenvalue weighted by Crippen LogP contribution is -1.75. The van der Waals surface area contributed by atoms with Crippen LogP contribution in [0.3, 0.4) is 0 Å². The van der Waals surface area contributed by atoms with Crippen LogP contribution in [0.4, 0.5) is 0 Å². The highest BCUT2D eigenvalue weighted by Gasteiger charge is 1.85. The first-order chi connectivity index (χ1) is 7.41. The fourth-order valence-electron chi connectivity index (χ4n) is 1.28. The van der Waals surface area contributed by atoms with Crippen molar-refractivity contribution in [2.45, 2.75) is 44.9 Å². The second-order valence-corrected chi connectivity index (χ2v) is 3.47. The normalized spacial score (nSPS) is 10.9. The lowest BCUT2D eigenvalue weighted by molar-refractivity contribution is 0.695. The van der Waals surface area contributed by atoms with Gasteiger partial charge in [0.05, 0.1) is 6.07 Å². The van der Waals surface area contributed by atoms with Gasteiger partial charge in [-0.05, 0) is 32.1 Å². The van der Waals surface area contributed by atoms with Gasteiger partial charge in [-0.1, -0.05) is 43.4 Å². The molecule has 1 nitrogen and oxygen atoms in total. The first-order valence-electron chi connectivity index (χ1n) is 5.71. The van der Waals surface area contributed by atoms with Crippen molar-refractivity contribution in [2.24, 2.45) is 0 Å². The lowest BCUT2D eigenvalue weighted by Gasteiger charge is -1.94. The van der Waals surface area contributed by atoms with Gasteiger partial charge < -0.3 is 0 Å². The van der Waals surface area contributed by atoms with Crippen LogP contribution in [0.5, 0.6) is 0 Å². The van der Waals surface area contributed by atoms with Crippen molar-refractivity contribution in [3.05, 3.63) is 37.0 Å². The van der Waals surface area contributed by atoms with E-state index in [2.05, 4.69) is 30.9 Å². The Kier molecular flexibility index (Phi) is 11.6. The van der Waals surface area contributed by atoms with E-state index in [0.29, 0.717) is 6.42 Å². The minimum atomic E-state index is 0.642. The minimum absolute atomic E-state index is 0.642. The SMILES string of the molecule is C=C/C=C/CCCCC/C=C/CCC#N. The summed E-state index contributed by atoms with van der Waals surface area (Å²) >= 11 is 0. The summed E-state index contributed by atoms with van der Waals surface area (Å²) in [5.41, 5.74) is 0. The molecule has 15 heavy (non-hydrogen) atoms. The fourth-order valence-corrected chi connectivity index (χ4v) is 1.28. The van der Waals surface area contributed by atoms with Crippen LogP contribution in [0, 0.1) is 11.3 Å². The maximum absolute atomic E-state index is 8.31. The van der Waals surface area contributed by atoms with Crippen molar-refractivity contribution < 1.29 is 0 Å². The van der Waals surface area contributed by atoms with Crippen molar-refractivity contribution in [3.63, 3.8) is 0 Å². The molecule has 0 bridgehead atoms. The largest absolute Gasteiger partial charge is 0.198 e. The Balaban J connectivity index is 3.11. The number of unbranched alkanes of at least 4 members (excludes halogenated alkanes) is 5. The van der Waals surface area contributed by atoms with Gasteiger partial charge in [0.2, 0.25) is 0 Å². The number of hydrogen-bond acceptors (Lipinski definition) is 1. The molecule has 0 aromatic carbocycles. The molecule has 0 radical (unpaired) electrons. The van der Waals surface area contributed by atoms with Crippen LogP contribution in [0.15, 0.2) is 37.0 Å². The van der Waals surface area contributed by atoms with Crippen LogP contribution >= 0.6 is 0 Å². The first kappa shape index (κ1) is 13.7. The van der Waals surface area contributed by atoms with E-state index < -0.39 is 0 Å². The van der Waals surface area contributed by atoms with E-state index in [0.717, 1.165) is 19.3 Å². The lowest BCUT2D eigenvalue weighted by atomic mass is 10.1. The van der Waals surface area contributed by atoms with Gasteiger partial charge in [-0.2, -0.15) is 5.26 Å². The fraction of sp³-hybridized carbons (Fsp3) is 0.500. The molecule has 0 fully saturated rings. The third-order valence-corrected chi connectivity index (χ3v) is 2.10. The summed E-state index contributed by atoms with van der Waals surface area (Å²) in [6, 6.07) is 2.13. The summed E-state index contributed by atoms with van der Waals surface area (Å²) in [6.45, 7) is 3.62. The zero-order valence-corrected chi connectivity index (χ0v) is 9.49. The van der Waals surface area contributed by atoms with Crippen LogP contribution in [0.25, 0.3) is 0 Å². The molecule has 0 atom stereocenters. The van der Waals surface area contributed by atoms with Crippen molar-refractivity contribution in [1.29, 1.82) is 5.26 Å². The van der Waals surface area contributed by atoms with E-state index >= 15 is 0 Å². The first-order valence-corrected chi connectivity index (χ1v) is 5.71. The van der Waals surface area contributed by atoms with Crippen molar-refractivity contribution in [1.82, 2.24) is 0 Å². The molecule has 0 rings (SSSR count). The molecule has 0 heterocycles. The number of allylic oxidation sites excluding steroid dienone is 5. The minimum Gasteiger partial charge on any atom is -0.198 e. The van der Waals surface area contributed by atoms with Crippen molar-refractivity contribution >= 4 is 0 Å². The Hall–Kier alpha value is -1.29. The van der Waals surface area contributed by atoms with E-state index in [4.69, 9.17) is 5.26 Å². The molecule has 0 spiro atoms. The summed E-state index contributed by atoms with van der Waals surface area (Å²) in [5.74, 6) is 0. The van der Waals surface area contributed by atoms with Gasteiger partial charge in [-0.25, -0.2) is 0 Å². The van der Waals surface area contributed by atoms with E-state index in [1.165, 1.54) is 19.3 Å². The van der Waals surface area contributed by atoms with Crippen molar-refractivity contribution in [2.75, 3.05) is 0 Å². The summed E-state index contributed by atoms with van der Waals surface area (Å²) in [5, 5.41) is 8.31. The molecule has 0 saturated heterocycles. The topological polar surface area (TPSA) is 23.8 Å². The van der Waals surface area contributed by atoms with Gasteiger partial charge in [0.1, 0.15) is 0 Å². The van der Waals surface area contributed by atoms with E-state index in [-0.39, 0.29) is 0 Å². The highest BCUT2D eigenvalue weighted by molar-refractivity contribution is 4.96. The van der Waals surface area contributed by atoms with E-state index in [1.54, 1.807) is 0 Å². The second kappa shape index (κ2) is 12.7. The third-order valence-electron chi connectivity index (χ3n) is 2.10. The predicted octanol–water partition coefficient (Wildman–Crippen LogP) is 4.54. The van der Waals surface area contributed by atoms with Gasteiger partial charge in [0.25, 0.3) is 0 Å². The maximum Gasteiger partial charge on any atom is 0.0624 e. The maximum atomic E-state index is 8.31. The molecule has 82 valence electrons. The van der Waals surface area contributed by atoms with Gasteiger partial charge >= 0.3 is 0 Å². The standard InChI is InChI=1S/C14H21N/c1-2-3-4-5-6-7-8-9-10-11-12-13-14-15/h2-4,10-11H,1,5-9,12-13H2/b4-3+,11-10+. The zero-order chi connectivity index (χ0) is 11.2. The Morgan fingerprint density at radius 1 is 0.933 bits per heavy atom. The molecule has 0 aliphatic carbocycles. The zero-order valence-electron chi connectivity index (χ0n) is 9.49. The monoisotopic (exact) mass is 203 g/mol. The summed E-state index contributed by atoms with van der Waals surface area (Å²) < 4.78 is 0. The van der Waals surface area contributed by atoms with Crippen LogP contribution in [-0.2, 0) is 0 Å². The Labute approximate surface area is 93.8 Å². The number of hydrogen-bond donors (Lipinski definition) is 0. The van der Waals surface area contributed by atoms with Crippen LogP contribution in [0.1, 0.15) is 44.9 Å². The highest BCUT2D eigenvalue weighted by atomic mass is 14.2. The van der Waals surface area contributed by atoms with Gasteiger partial charge in [0, 0.05) is 6.42 Å². The molecule has 0 aromatic rings. The van der Waals surface area contributed by atoms with Crippen molar-refractivity contribution in [3.8, 4) is 6.07 Å². The number of rotatable bonds is 9. The van der Waals surface area contributed by atoms with E-state index in [1.807, 2.05) is 12.2 Å². The molecule has 0 amide bonds. The molecule has 1 heteroatoms.